The minimum absolute atomic E-state index is 0.570. The minimum Gasteiger partial charge on any atom is -0.459 e. The fourth-order valence-electron chi connectivity index (χ4n) is 1.24. The highest BCUT2D eigenvalue weighted by molar-refractivity contribution is 9.10. The Morgan fingerprint density at radius 2 is 2.38 bits per heavy atom. The summed E-state index contributed by atoms with van der Waals surface area (Å²) in [5.74, 6) is 4.46. The molecule has 1 aromatic carbocycles. The maximum Gasteiger partial charge on any atom is 0.384 e. The molecule has 16 heavy (non-hydrogen) atoms. The van der Waals surface area contributed by atoms with Crippen molar-refractivity contribution in [2.24, 2.45) is 0 Å². The Morgan fingerprint density at radius 1 is 1.56 bits per heavy atom. The molecule has 0 fully saturated rings. The van der Waals surface area contributed by atoms with Gasteiger partial charge in [0.15, 0.2) is 0 Å². The van der Waals surface area contributed by atoms with Gasteiger partial charge in [-0.25, -0.2) is 4.79 Å². The van der Waals surface area contributed by atoms with Crippen molar-refractivity contribution in [2.45, 2.75) is 0 Å². The van der Waals surface area contributed by atoms with Crippen molar-refractivity contribution in [3.8, 4) is 11.8 Å². The van der Waals surface area contributed by atoms with E-state index in [1.54, 1.807) is 0 Å². The number of nitrogens with zero attached hydrogens (tertiary/aromatic N) is 1. The molecule has 80 valence electrons. The Labute approximate surface area is 100 Å². The first-order valence-corrected chi connectivity index (χ1v) is 5.23. The van der Waals surface area contributed by atoms with E-state index in [-0.39, 0.29) is 0 Å². The molecule has 0 aliphatic carbocycles. The Hall–Kier alpha value is -1.80. The fourth-order valence-corrected chi connectivity index (χ4v) is 1.59. The minimum atomic E-state index is -0.570. The molecule has 0 unspecified atom stereocenters. The molecular formula is C11H7BrN2O2. The summed E-state index contributed by atoms with van der Waals surface area (Å²) >= 11 is 3.35. The molecule has 0 atom stereocenters. The van der Waals surface area contributed by atoms with Gasteiger partial charge in [0.05, 0.1) is 12.6 Å². The largest absolute Gasteiger partial charge is 0.459 e. The predicted molar refractivity (Wildman–Crippen MR) is 62.7 cm³/mol. The van der Waals surface area contributed by atoms with Gasteiger partial charge in [-0.05, 0) is 24.1 Å². The van der Waals surface area contributed by atoms with Crippen LogP contribution >= 0.6 is 15.9 Å². The first-order valence-electron chi connectivity index (χ1n) is 4.44. The second kappa shape index (κ2) is 4.37. The Bertz CT molecular complexity index is 607. The molecule has 0 amide bonds. The van der Waals surface area contributed by atoms with E-state index in [0.717, 1.165) is 15.4 Å². The molecule has 0 aliphatic rings. The van der Waals surface area contributed by atoms with E-state index < -0.39 is 5.97 Å². The summed E-state index contributed by atoms with van der Waals surface area (Å²) in [5.41, 5.74) is 1.40. The third kappa shape index (κ3) is 2.07. The van der Waals surface area contributed by atoms with Crippen LogP contribution in [0.2, 0.25) is 0 Å². The van der Waals surface area contributed by atoms with Crippen LogP contribution in [0.15, 0.2) is 22.7 Å². The summed E-state index contributed by atoms with van der Waals surface area (Å²) in [7, 11) is 1.29. The highest BCUT2D eigenvalue weighted by Crippen LogP contribution is 2.19. The van der Waals surface area contributed by atoms with Crippen LogP contribution < -0.4 is 0 Å². The number of esters is 1. The predicted octanol–water partition coefficient (Wildman–Crippen LogP) is 1.85. The van der Waals surface area contributed by atoms with Crippen LogP contribution in [0.4, 0.5) is 0 Å². The topological polar surface area (TPSA) is 55.0 Å². The number of methoxy groups -OCH3 is 1. The monoisotopic (exact) mass is 278 g/mol. The van der Waals surface area contributed by atoms with Crippen LogP contribution in [0.25, 0.3) is 10.9 Å². The van der Waals surface area contributed by atoms with Gasteiger partial charge in [-0.3, -0.25) is 5.10 Å². The van der Waals surface area contributed by atoms with Gasteiger partial charge < -0.3 is 4.74 Å². The average Bonchev–Trinajstić information content (AvgIpc) is 2.68. The van der Waals surface area contributed by atoms with Crippen LogP contribution in [0.3, 0.4) is 0 Å². The zero-order valence-electron chi connectivity index (χ0n) is 8.37. The smallest absolute Gasteiger partial charge is 0.384 e. The number of benzene rings is 1. The van der Waals surface area contributed by atoms with Crippen molar-refractivity contribution in [1.29, 1.82) is 0 Å². The third-order valence-corrected chi connectivity index (χ3v) is 2.49. The third-order valence-electron chi connectivity index (χ3n) is 1.99. The number of nitrogens with one attached hydrogen (secondary N) is 1. The molecule has 2 rings (SSSR count). The van der Waals surface area contributed by atoms with E-state index in [4.69, 9.17) is 0 Å². The number of aromatic nitrogens is 2. The van der Waals surface area contributed by atoms with Crippen molar-refractivity contribution in [2.75, 3.05) is 7.11 Å². The molecule has 1 aromatic heterocycles. The van der Waals surface area contributed by atoms with E-state index in [1.807, 2.05) is 18.2 Å². The van der Waals surface area contributed by atoms with Crippen LogP contribution in [-0.2, 0) is 9.53 Å². The molecule has 0 radical (unpaired) electrons. The number of rotatable bonds is 0. The molecule has 0 aliphatic heterocycles. The standard InChI is InChI=1S/C11H7BrN2O2/c1-16-11(15)5-4-9-8-3-2-7(12)6-10(8)14-13-9/h2-3,6H,1H3,(H,13,14). The van der Waals surface area contributed by atoms with Crippen LogP contribution in [0.1, 0.15) is 5.69 Å². The Kier molecular flexibility index (Phi) is 2.93. The quantitative estimate of drug-likeness (QED) is 0.591. The summed E-state index contributed by atoms with van der Waals surface area (Å²) in [6, 6.07) is 5.64. The van der Waals surface area contributed by atoms with Gasteiger partial charge in [-0.15, -0.1) is 0 Å². The second-order valence-corrected chi connectivity index (χ2v) is 3.92. The van der Waals surface area contributed by atoms with Crippen molar-refractivity contribution in [3.63, 3.8) is 0 Å². The van der Waals surface area contributed by atoms with E-state index in [1.165, 1.54) is 7.11 Å². The van der Waals surface area contributed by atoms with Gasteiger partial charge in [-0.2, -0.15) is 5.10 Å². The van der Waals surface area contributed by atoms with Crippen molar-refractivity contribution in [1.82, 2.24) is 10.2 Å². The number of carbonyl (C=O) groups is 1. The highest BCUT2D eigenvalue weighted by atomic mass is 79.9. The van der Waals surface area contributed by atoms with E-state index in [9.17, 15) is 4.79 Å². The fraction of sp³-hybridized carbons (Fsp3) is 0.0909. The van der Waals surface area contributed by atoms with E-state index >= 15 is 0 Å². The molecule has 0 saturated heterocycles. The van der Waals surface area contributed by atoms with Gasteiger partial charge in [0.25, 0.3) is 0 Å². The number of hydrogen-bond acceptors (Lipinski definition) is 3. The second-order valence-electron chi connectivity index (χ2n) is 3.00. The lowest BCUT2D eigenvalue weighted by Crippen LogP contribution is -1.94. The average molecular weight is 279 g/mol. The zero-order valence-corrected chi connectivity index (χ0v) is 9.96. The first-order chi connectivity index (χ1) is 7.70. The lowest BCUT2D eigenvalue weighted by molar-refractivity contribution is -0.133. The number of ether oxygens (including phenoxy) is 1. The highest BCUT2D eigenvalue weighted by Gasteiger charge is 2.03. The van der Waals surface area contributed by atoms with Gasteiger partial charge in [0, 0.05) is 15.8 Å². The zero-order chi connectivity index (χ0) is 11.5. The number of H-pyrrole nitrogens is 1. The molecule has 1 N–H and O–H groups in total. The molecule has 1 heterocycles. The maximum absolute atomic E-state index is 10.9. The molecule has 5 heteroatoms. The summed E-state index contributed by atoms with van der Waals surface area (Å²) in [4.78, 5) is 10.9. The first kappa shape index (κ1) is 10.7. The number of halogens is 1. The van der Waals surface area contributed by atoms with Crippen LogP contribution in [0.5, 0.6) is 0 Å². The molecule has 2 aromatic rings. The maximum atomic E-state index is 10.9. The molecule has 4 nitrogen and oxygen atoms in total. The Morgan fingerprint density at radius 3 is 3.12 bits per heavy atom. The SMILES string of the molecule is COC(=O)C#Cc1[nH]nc2cc(Br)ccc12. The van der Waals surface area contributed by atoms with Gasteiger partial charge in [-0.1, -0.05) is 15.9 Å². The number of hydrogen-bond donors (Lipinski definition) is 1. The van der Waals surface area contributed by atoms with Crippen LogP contribution in [-0.4, -0.2) is 23.3 Å². The normalized spacial score (nSPS) is 9.62. The molecule has 0 bridgehead atoms. The lowest BCUT2D eigenvalue weighted by Gasteiger charge is -1.89. The summed E-state index contributed by atoms with van der Waals surface area (Å²) in [6.07, 6.45) is 0. The molecular weight excluding hydrogens is 272 g/mol. The number of aromatic amines is 1. The number of carbonyl (C=O) groups excluding carboxylic acids is 1. The summed E-state index contributed by atoms with van der Waals surface area (Å²) in [5, 5.41) is 7.72. The van der Waals surface area contributed by atoms with Gasteiger partial charge >= 0.3 is 5.97 Å². The van der Waals surface area contributed by atoms with Crippen LogP contribution in [0, 0.1) is 11.8 Å². The molecule has 0 saturated carbocycles. The van der Waals surface area contributed by atoms with Crippen molar-refractivity contribution >= 4 is 32.8 Å². The van der Waals surface area contributed by atoms with E-state index in [2.05, 4.69) is 42.7 Å². The molecule has 0 spiro atoms. The number of fused-ring (bicyclic) bond motifs is 1. The Balaban J connectivity index is 2.45. The van der Waals surface area contributed by atoms with Gasteiger partial charge in [0.1, 0.15) is 5.69 Å². The summed E-state index contributed by atoms with van der Waals surface area (Å²) in [6.45, 7) is 0. The van der Waals surface area contributed by atoms with Crippen molar-refractivity contribution < 1.29 is 9.53 Å². The van der Waals surface area contributed by atoms with Gasteiger partial charge in [0.2, 0.25) is 0 Å². The van der Waals surface area contributed by atoms with Crippen molar-refractivity contribution in [3.05, 3.63) is 28.4 Å². The summed E-state index contributed by atoms with van der Waals surface area (Å²) < 4.78 is 5.37. The van der Waals surface area contributed by atoms with E-state index in [0.29, 0.717) is 5.69 Å². The lowest BCUT2D eigenvalue weighted by atomic mass is 10.2.